The highest BCUT2D eigenvalue weighted by Gasteiger charge is 1.76. The zero-order chi connectivity index (χ0) is 8.65. The first-order valence-electron chi connectivity index (χ1n) is 3.38. The molecule has 0 aliphatic rings. The first-order chi connectivity index (χ1) is 5.89. The molecule has 0 fully saturated rings. The quantitative estimate of drug-likeness (QED) is 0.677. The molecule has 2 aromatic rings. The largest absolute Gasteiger partial charge is 0.366 e. The zero-order valence-corrected chi connectivity index (χ0v) is 7.07. The van der Waals surface area contributed by atoms with Crippen LogP contribution < -0.4 is 0 Å². The molecule has 2 rings (SSSR count). The molecule has 0 saturated heterocycles. The third-order valence-corrected chi connectivity index (χ3v) is 1.27. The molecule has 0 radical (unpaired) electrons. The van der Waals surface area contributed by atoms with Gasteiger partial charge < -0.3 is 4.98 Å². The van der Waals surface area contributed by atoms with Crippen molar-refractivity contribution in [2.75, 3.05) is 0 Å². The molecule has 0 aromatic carbocycles. The fourth-order valence-electron chi connectivity index (χ4n) is 0.557. The van der Waals surface area contributed by atoms with Crippen LogP contribution in [0.3, 0.4) is 0 Å². The van der Waals surface area contributed by atoms with Crippen LogP contribution in [0.1, 0.15) is 0 Å². The van der Waals surface area contributed by atoms with Crippen LogP contribution in [0.4, 0.5) is 0 Å². The molecule has 0 unspecified atom stereocenters. The Kier molecular flexibility index (Phi) is 3.88. The van der Waals surface area contributed by atoms with Crippen molar-refractivity contribution in [3.8, 4) is 0 Å². The Labute approximate surface area is 75.4 Å². The van der Waals surface area contributed by atoms with Gasteiger partial charge in [-0.1, -0.05) is 11.6 Å². The van der Waals surface area contributed by atoms with Crippen molar-refractivity contribution in [2.24, 2.45) is 0 Å². The summed E-state index contributed by atoms with van der Waals surface area (Å²) >= 11 is 5.42. The van der Waals surface area contributed by atoms with Gasteiger partial charge in [0.15, 0.2) is 0 Å². The topological polar surface area (TPSA) is 41.6 Å². The Morgan fingerprint density at radius 3 is 2.17 bits per heavy atom. The first kappa shape index (κ1) is 8.74. The van der Waals surface area contributed by atoms with Gasteiger partial charge in [-0.2, -0.15) is 0 Å². The van der Waals surface area contributed by atoms with Gasteiger partial charge in [-0.3, -0.25) is 0 Å². The maximum atomic E-state index is 5.42. The van der Waals surface area contributed by atoms with Gasteiger partial charge >= 0.3 is 0 Å². The molecule has 62 valence electrons. The Morgan fingerprint density at radius 2 is 2.00 bits per heavy atom. The average molecular weight is 182 g/mol. The Bertz CT molecular complexity index is 254. The highest BCUT2D eigenvalue weighted by molar-refractivity contribution is 6.30. The molecule has 0 spiro atoms. The lowest BCUT2D eigenvalue weighted by molar-refractivity contribution is 1.17. The fraction of sp³-hybridized carbons (Fsp3) is 0. The van der Waals surface area contributed by atoms with Crippen molar-refractivity contribution in [1.29, 1.82) is 0 Å². The standard InChI is InChI=1S/C4H4ClN.C4H4N2/c5-4-1-2-6-3-4;1-2-5-4-6-3-1/h1-3,6H;1-4H. The van der Waals surface area contributed by atoms with E-state index in [0.717, 1.165) is 5.02 Å². The van der Waals surface area contributed by atoms with Crippen LogP contribution in [0.2, 0.25) is 5.02 Å². The van der Waals surface area contributed by atoms with E-state index in [1.165, 1.54) is 6.33 Å². The molecule has 0 bridgehead atoms. The zero-order valence-electron chi connectivity index (χ0n) is 6.31. The van der Waals surface area contributed by atoms with E-state index < -0.39 is 0 Å². The van der Waals surface area contributed by atoms with Crippen LogP contribution >= 0.6 is 11.6 Å². The van der Waals surface area contributed by atoms with Crippen LogP contribution in [0.5, 0.6) is 0 Å². The van der Waals surface area contributed by atoms with Crippen LogP contribution in [-0.4, -0.2) is 15.0 Å². The molecule has 0 amide bonds. The lowest BCUT2D eigenvalue weighted by atomic mass is 10.7. The van der Waals surface area contributed by atoms with Gasteiger partial charge in [0.05, 0.1) is 5.02 Å². The minimum Gasteiger partial charge on any atom is -0.366 e. The van der Waals surface area contributed by atoms with E-state index in [0.29, 0.717) is 0 Å². The van der Waals surface area contributed by atoms with Gasteiger partial charge in [-0.25, -0.2) is 9.97 Å². The summed E-state index contributed by atoms with van der Waals surface area (Å²) in [7, 11) is 0. The number of nitrogens with zero attached hydrogens (tertiary/aromatic N) is 2. The summed E-state index contributed by atoms with van der Waals surface area (Å²) in [5.41, 5.74) is 0. The van der Waals surface area contributed by atoms with Gasteiger partial charge in [0.25, 0.3) is 0 Å². The van der Waals surface area contributed by atoms with E-state index in [2.05, 4.69) is 15.0 Å². The van der Waals surface area contributed by atoms with E-state index in [9.17, 15) is 0 Å². The number of hydrogen-bond acceptors (Lipinski definition) is 2. The summed E-state index contributed by atoms with van der Waals surface area (Å²) in [5, 5.41) is 0.759. The number of aromatic nitrogens is 3. The second kappa shape index (κ2) is 5.32. The maximum Gasteiger partial charge on any atom is 0.115 e. The van der Waals surface area contributed by atoms with Crippen LogP contribution in [0.15, 0.2) is 43.2 Å². The third-order valence-electron chi connectivity index (χ3n) is 1.04. The molecule has 0 atom stereocenters. The van der Waals surface area contributed by atoms with E-state index >= 15 is 0 Å². The Hall–Kier alpha value is -1.35. The first-order valence-corrected chi connectivity index (χ1v) is 3.75. The molecule has 1 N–H and O–H groups in total. The minimum absolute atomic E-state index is 0.759. The highest BCUT2D eigenvalue weighted by Crippen LogP contribution is 2.01. The smallest absolute Gasteiger partial charge is 0.115 e. The van der Waals surface area contributed by atoms with Crippen LogP contribution in [0, 0.1) is 0 Å². The van der Waals surface area contributed by atoms with Gasteiger partial charge in [0, 0.05) is 24.8 Å². The molecule has 4 heteroatoms. The number of nitrogens with one attached hydrogen (secondary N) is 1. The molecular formula is C8H8ClN3. The van der Waals surface area contributed by atoms with E-state index in [1.54, 1.807) is 36.9 Å². The number of H-pyrrole nitrogens is 1. The molecule has 2 aromatic heterocycles. The number of aromatic amines is 1. The van der Waals surface area contributed by atoms with Crippen molar-refractivity contribution in [3.05, 3.63) is 48.3 Å². The monoisotopic (exact) mass is 181 g/mol. The average Bonchev–Trinajstić information content (AvgIpc) is 2.60. The van der Waals surface area contributed by atoms with E-state index in [4.69, 9.17) is 11.6 Å². The number of rotatable bonds is 0. The van der Waals surface area contributed by atoms with Crippen molar-refractivity contribution >= 4 is 11.6 Å². The molecule has 2 heterocycles. The van der Waals surface area contributed by atoms with Gasteiger partial charge in [0.1, 0.15) is 6.33 Å². The Morgan fingerprint density at radius 1 is 1.25 bits per heavy atom. The van der Waals surface area contributed by atoms with Crippen molar-refractivity contribution in [2.45, 2.75) is 0 Å². The third kappa shape index (κ3) is 3.73. The van der Waals surface area contributed by atoms with Gasteiger partial charge in [-0.05, 0) is 12.1 Å². The lowest BCUT2D eigenvalue weighted by Gasteiger charge is -1.70. The highest BCUT2D eigenvalue weighted by atomic mass is 35.5. The molecular weight excluding hydrogens is 174 g/mol. The molecule has 12 heavy (non-hydrogen) atoms. The molecule has 0 aliphatic heterocycles. The summed E-state index contributed by atoms with van der Waals surface area (Å²) < 4.78 is 0. The van der Waals surface area contributed by atoms with E-state index in [1.807, 2.05) is 0 Å². The van der Waals surface area contributed by atoms with Crippen LogP contribution in [-0.2, 0) is 0 Å². The lowest BCUT2D eigenvalue weighted by Crippen LogP contribution is -1.66. The number of halogens is 1. The Balaban J connectivity index is 0.000000120. The van der Waals surface area contributed by atoms with Crippen molar-refractivity contribution in [1.82, 2.24) is 15.0 Å². The second-order valence-corrected chi connectivity index (χ2v) is 2.37. The van der Waals surface area contributed by atoms with Crippen molar-refractivity contribution < 1.29 is 0 Å². The second-order valence-electron chi connectivity index (χ2n) is 1.93. The summed E-state index contributed by atoms with van der Waals surface area (Å²) in [4.78, 5) is 10.1. The summed E-state index contributed by atoms with van der Waals surface area (Å²) in [6.45, 7) is 0. The van der Waals surface area contributed by atoms with Crippen molar-refractivity contribution in [3.63, 3.8) is 0 Å². The predicted octanol–water partition coefficient (Wildman–Crippen LogP) is 2.14. The molecule has 3 nitrogen and oxygen atoms in total. The minimum atomic E-state index is 0.759. The molecule has 0 aliphatic carbocycles. The van der Waals surface area contributed by atoms with Gasteiger partial charge in [-0.15, -0.1) is 0 Å². The number of hydrogen-bond donors (Lipinski definition) is 1. The summed E-state index contributed by atoms with van der Waals surface area (Å²) in [6.07, 6.45) is 8.38. The fourth-order valence-corrected chi connectivity index (χ4v) is 0.683. The van der Waals surface area contributed by atoms with Gasteiger partial charge in [0.2, 0.25) is 0 Å². The normalized spacial score (nSPS) is 8.42. The van der Waals surface area contributed by atoms with Crippen LogP contribution in [0.25, 0.3) is 0 Å². The summed E-state index contributed by atoms with van der Waals surface area (Å²) in [5.74, 6) is 0. The maximum absolute atomic E-state index is 5.42. The molecule has 0 saturated carbocycles. The SMILES string of the molecule is Clc1cc[nH]c1.c1cncnc1. The predicted molar refractivity (Wildman–Crippen MR) is 47.8 cm³/mol. The van der Waals surface area contributed by atoms with E-state index in [-0.39, 0.29) is 0 Å². The summed E-state index contributed by atoms with van der Waals surface area (Å²) in [6, 6.07) is 3.57.